The van der Waals surface area contributed by atoms with Crippen molar-refractivity contribution in [3.8, 4) is 0 Å². The topological polar surface area (TPSA) is 79.8 Å². The maximum absolute atomic E-state index is 12.3. The second kappa shape index (κ2) is 7.95. The van der Waals surface area contributed by atoms with Gasteiger partial charge in [-0.05, 0) is 47.4 Å². The molecule has 6 nitrogen and oxygen atoms in total. The predicted molar refractivity (Wildman–Crippen MR) is 107 cm³/mol. The SMILES string of the molecule is CC(C)(C)c1ccc(NC(=O)c2ccc(NCc3ccccn3)nn2)cc1. The summed E-state index contributed by atoms with van der Waals surface area (Å²) in [6.07, 6.45) is 1.74. The monoisotopic (exact) mass is 361 g/mol. The Bertz CT molecular complexity index is 885. The van der Waals surface area contributed by atoms with E-state index in [1.165, 1.54) is 5.56 Å². The zero-order chi connectivity index (χ0) is 19.3. The van der Waals surface area contributed by atoms with E-state index >= 15 is 0 Å². The lowest BCUT2D eigenvalue weighted by atomic mass is 9.87. The number of hydrogen-bond acceptors (Lipinski definition) is 5. The summed E-state index contributed by atoms with van der Waals surface area (Å²) in [6, 6.07) is 16.9. The summed E-state index contributed by atoms with van der Waals surface area (Å²) in [5.74, 6) is 0.300. The summed E-state index contributed by atoms with van der Waals surface area (Å²) in [5.41, 5.74) is 3.18. The van der Waals surface area contributed by atoms with Crippen molar-refractivity contribution in [3.63, 3.8) is 0 Å². The normalized spacial score (nSPS) is 11.1. The molecule has 3 aromatic rings. The minimum Gasteiger partial charge on any atom is -0.363 e. The second-order valence-electron chi connectivity index (χ2n) is 7.26. The number of hydrogen-bond donors (Lipinski definition) is 2. The summed E-state index contributed by atoms with van der Waals surface area (Å²) in [6.45, 7) is 7.00. The second-order valence-corrected chi connectivity index (χ2v) is 7.26. The number of carbonyl (C=O) groups excluding carboxylic acids is 1. The maximum atomic E-state index is 12.3. The van der Waals surface area contributed by atoms with Gasteiger partial charge in [-0.15, -0.1) is 10.2 Å². The van der Waals surface area contributed by atoms with E-state index in [0.29, 0.717) is 12.4 Å². The van der Waals surface area contributed by atoms with E-state index in [1.807, 2.05) is 42.5 Å². The number of anilines is 2. The van der Waals surface area contributed by atoms with E-state index in [9.17, 15) is 4.79 Å². The molecule has 0 bridgehead atoms. The van der Waals surface area contributed by atoms with Crippen LogP contribution < -0.4 is 10.6 Å². The van der Waals surface area contributed by atoms with Crippen LogP contribution in [-0.2, 0) is 12.0 Å². The van der Waals surface area contributed by atoms with Crippen molar-refractivity contribution >= 4 is 17.4 Å². The number of nitrogens with one attached hydrogen (secondary N) is 2. The summed E-state index contributed by atoms with van der Waals surface area (Å²) >= 11 is 0. The summed E-state index contributed by atoms with van der Waals surface area (Å²) < 4.78 is 0. The van der Waals surface area contributed by atoms with Crippen LogP contribution in [0.3, 0.4) is 0 Å². The van der Waals surface area contributed by atoms with Gasteiger partial charge in [-0.1, -0.05) is 39.0 Å². The number of pyridine rings is 1. The molecule has 2 heterocycles. The van der Waals surface area contributed by atoms with Crippen LogP contribution in [0.15, 0.2) is 60.8 Å². The van der Waals surface area contributed by atoms with Crippen LogP contribution in [0, 0.1) is 0 Å². The van der Waals surface area contributed by atoms with Gasteiger partial charge in [-0.3, -0.25) is 9.78 Å². The van der Waals surface area contributed by atoms with E-state index in [2.05, 4.69) is 46.6 Å². The van der Waals surface area contributed by atoms with E-state index in [4.69, 9.17) is 0 Å². The first kappa shape index (κ1) is 18.5. The molecule has 0 aliphatic carbocycles. The first-order chi connectivity index (χ1) is 12.9. The van der Waals surface area contributed by atoms with E-state index in [1.54, 1.807) is 18.3 Å². The van der Waals surface area contributed by atoms with Crippen LogP contribution >= 0.6 is 0 Å². The molecule has 0 radical (unpaired) electrons. The first-order valence-electron chi connectivity index (χ1n) is 8.81. The molecule has 3 rings (SSSR count). The van der Waals surface area contributed by atoms with Crippen molar-refractivity contribution in [1.82, 2.24) is 15.2 Å². The molecule has 0 saturated carbocycles. The smallest absolute Gasteiger partial charge is 0.276 e. The van der Waals surface area contributed by atoms with Crippen LogP contribution in [0.25, 0.3) is 0 Å². The Kier molecular flexibility index (Phi) is 5.45. The molecule has 2 aromatic heterocycles. The highest BCUT2D eigenvalue weighted by Gasteiger charge is 2.14. The van der Waals surface area contributed by atoms with Gasteiger partial charge in [0.15, 0.2) is 5.69 Å². The molecule has 27 heavy (non-hydrogen) atoms. The minimum atomic E-state index is -0.290. The third-order valence-corrected chi connectivity index (χ3v) is 4.08. The molecule has 0 aliphatic heterocycles. The Labute approximate surface area is 159 Å². The fourth-order valence-corrected chi connectivity index (χ4v) is 2.48. The Morgan fingerprint density at radius 3 is 2.33 bits per heavy atom. The maximum Gasteiger partial charge on any atom is 0.276 e. The summed E-state index contributed by atoms with van der Waals surface area (Å²) in [4.78, 5) is 16.6. The van der Waals surface area contributed by atoms with Gasteiger partial charge >= 0.3 is 0 Å². The number of carbonyl (C=O) groups is 1. The van der Waals surface area contributed by atoms with Gasteiger partial charge < -0.3 is 10.6 Å². The molecule has 0 spiro atoms. The fraction of sp³-hybridized carbons (Fsp3) is 0.238. The molecule has 1 aromatic carbocycles. The molecule has 0 atom stereocenters. The fourth-order valence-electron chi connectivity index (χ4n) is 2.48. The van der Waals surface area contributed by atoms with Crippen molar-refractivity contribution in [3.05, 3.63) is 77.7 Å². The van der Waals surface area contributed by atoms with Crippen LogP contribution in [-0.4, -0.2) is 21.1 Å². The highest BCUT2D eigenvalue weighted by molar-refractivity contribution is 6.02. The number of benzene rings is 1. The summed E-state index contributed by atoms with van der Waals surface area (Å²) in [5, 5.41) is 14.0. The van der Waals surface area contributed by atoms with Crippen LogP contribution in [0.5, 0.6) is 0 Å². The third-order valence-electron chi connectivity index (χ3n) is 4.08. The Hall–Kier alpha value is -3.28. The zero-order valence-electron chi connectivity index (χ0n) is 15.7. The number of nitrogens with zero attached hydrogens (tertiary/aromatic N) is 3. The number of rotatable bonds is 5. The van der Waals surface area contributed by atoms with Crippen LogP contribution in [0.1, 0.15) is 42.5 Å². The molecular formula is C21H23N5O. The zero-order valence-corrected chi connectivity index (χ0v) is 15.7. The Morgan fingerprint density at radius 1 is 0.963 bits per heavy atom. The van der Waals surface area contributed by atoms with Gasteiger partial charge in [0.1, 0.15) is 5.82 Å². The van der Waals surface area contributed by atoms with E-state index in [0.717, 1.165) is 11.4 Å². The largest absolute Gasteiger partial charge is 0.363 e. The van der Waals surface area contributed by atoms with Gasteiger partial charge in [-0.2, -0.15) is 0 Å². The predicted octanol–water partition coefficient (Wildman–Crippen LogP) is 4.03. The van der Waals surface area contributed by atoms with Crippen molar-refractivity contribution in [2.45, 2.75) is 32.7 Å². The van der Waals surface area contributed by atoms with Crippen molar-refractivity contribution in [2.24, 2.45) is 0 Å². The third kappa shape index (κ3) is 5.10. The van der Waals surface area contributed by atoms with Crippen LogP contribution in [0.2, 0.25) is 0 Å². The number of amides is 1. The van der Waals surface area contributed by atoms with E-state index < -0.39 is 0 Å². The molecule has 0 saturated heterocycles. The van der Waals surface area contributed by atoms with Gasteiger partial charge in [0.25, 0.3) is 5.91 Å². The lowest BCUT2D eigenvalue weighted by molar-refractivity contribution is 0.102. The first-order valence-corrected chi connectivity index (χ1v) is 8.81. The molecule has 2 N–H and O–H groups in total. The quantitative estimate of drug-likeness (QED) is 0.717. The Balaban J connectivity index is 1.58. The highest BCUT2D eigenvalue weighted by atomic mass is 16.1. The molecular weight excluding hydrogens is 338 g/mol. The number of aromatic nitrogens is 3. The van der Waals surface area contributed by atoms with Gasteiger partial charge in [0.2, 0.25) is 0 Å². The summed E-state index contributed by atoms with van der Waals surface area (Å²) in [7, 11) is 0. The van der Waals surface area contributed by atoms with Crippen LogP contribution in [0.4, 0.5) is 11.5 Å². The van der Waals surface area contributed by atoms with Crippen molar-refractivity contribution in [1.29, 1.82) is 0 Å². The van der Waals surface area contributed by atoms with Gasteiger partial charge in [0, 0.05) is 11.9 Å². The average molecular weight is 361 g/mol. The average Bonchev–Trinajstić information content (AvgIpc) is 2.67. The lowest BCUT2D eigenvalue weighted by Gasteiger charge is -2.19. The van der Waals surface area contributed by atoms with Crippen molar-refractivity contribution in [2.75, 3.05) is 10.6 Å². The van der Waals surface area contributed by atoms with Gasteiger partial charge in [-0.25, -0.2) is 0 Å². The Morgan fingerprint density at radius 2 is 1.74 bits per heavy atom. The van der Waals surface area contributed by atoms with Gasteiger partial charge in [0.05, 0.1) is 12.2 Å². The van der Waals surface area contributed by atoms with Crippen molar-refractivity contribution < 1.29 is 4.79 Å². The standard InChI is InChI=1S/C21H23N5O/c1-21(2,3)15-7-9-16(10-8-15)24-20(27)18-11-12-19(26-25-18)23-14-17-6-4-5-13-22-17/h4-13H,14H2,1-3H3,(H,23,26)(H,24,27). The minimum absolute atomic E-state index is 0.0755. The van der Waals surface area contributed by atoms with E-state index in [-0.39, 0.29) is 17.0 Å². The molecule has 138 valence electrons. The molecule has 0 aliphatic rings. The highest BCUT2D eigenvalue weighted by Crippen LogP contribution is 2.23. The molecule has 6 heteroatoms. The lowest BCUT2D eigenvalue weighted by Crippen LogP contribution is -2.15. The molecule has 1 amide bonds. The molecule has 0 unspecified atom stereocenters. The molecule has 0 fully saturated rings.